The predicted octanol–water partition coefficient (Wildman–Crippen LogP) is 3.46. The molecule has 2 heterocycles. The van der Waals surface area contributed by atoms with Gasteiger partial charge in [-0.3, -0.25) is 4.40 Å². The van der Waals surface area contributed by atoms with Gasteiger partial charge in [-0.25, -0.2) is 18.6 Å². The number of hydrogen-bond donors (Lipinski definition) is 0. The van der Waals surface area contributed by atoms with E-state index in [1.807, 2.05) is 0 Å². The van der Waals surface area contributed by atoms with Crippen LogP contribution in [-0.4, -0.2) is 22.0 Å². The predicted molar refractivity (Wildman–Crippen MR) is 76.5 cm³/mol. The van der Waals surface area contributed by atoms with Crippen LogP contribution in [0.15, 0.2) is 42.7 Å². The Labute approximate surface area is 125 Å². The van der Waals surface area contributed by atoms with Crippen molar-refractivity contribution in [3.05, 3.63) is 59.9 Å². The average molecular weight is 302 g/mol. The summed E-state index contributed by atoms with van der Waals surface area (Å²) in [6.07, 6.45) is 3.15. The fourth-order valence-corrected chi connectivity index (χ4v) is 2.30. The van der Waals surface area contributed by atoms with Crippen LogP contribution < -0.4 is 0 Å². The number of aromatic nitrogens is 2. The van der Waals surface area contributed by atoms with Gasteiger partial charge in [-0.2, -0.15) is 0 Å². The molecule has 22 heavy (non-hydrogen) atoms. The second-order valence-electron chi connectivity index (χ2n) is 4.64. The van der Waals surface area contributed by atoms with Gasteiger partial charge in [-0.1, -0.05) is 0 Å². The minimum atomic E-state index is -0.687. The zero-order valence-electron chi connectivity index (χ0n) is 11.7. The highest BCUT2D eigenvalue weighted by molar-refractivity contribution is 5.97. The maximum absolute atomic E-state index is 13.4. The van der Waals surface area contributed by atoms with Crippen molar-refractivity contribution in [3.63, 3.8) is 0 Å². The lowest BCUT2D eigenvalue weighted by atomic mass is 10.2. The molecule has 0 spiro atoms. The third-order valence-electron chi connectivity index (χ3n) is 3.19. The highest BCUT2D eigenvalue weighted by Crippen LogP contribution is 2.23. The maximum atomic E-state index is 13.4. The van der Waals surface area contributed by atoms with E-state index in [0.717, 1.165) is 6.07 Å². The zero-order chi connectivity index (χ0) is 15.7. The molecule has 6 heteroatoms. The Morgan fingerprint density at radius 2 is 2.00 bits per heavy atom. The van der Waals surface area contributed by atoms with Crippen LogP contribution in [0.3, 0.4) is 0 Å². The number of hydrogen-bond acceptors (Lipinski definition) is 3. The van der Waals surface area contributed by atoms with Crippen LogP contribution >= 0.6 is 0 Å². The van der Waals surface area contributed by atoms with Crippen molar-refractivity contribution >= 4 is 11.5 Å². The summed E-state index contributed by atoms with van der Waals surface area (Å²) in [5.74, 6) is -1.49. The van der Waals surface area contributed by atoms with Crippen LogP contribution in [-0.2, 0) is 4.74 Å². The summed E-state index contributed by atoms with van der Waals surface area (Å²) in [5.41, 5.74) is 1.15. The first-order chi connectivity index (χ1) is 10.6. The third-order valence-corrected chi connectivity index (χ3v) is 3.19. The van der Waals surface area contributed by atoms with Gasteiger partial charge in [0.2, 0.25) is 0 Å². The molecule has 3 rings (SSSR count). The number of carbonyl (C=O) groups is 1. The molecule has 0 unspecified atom stereocenters. The molecule has 0 bridgehead atoms. The quantitative estimate of drug-likeness (QED) is 0.696. The van der Waals surface area contributed by atoms with E-state index in [0.29, 0.717) is 22.5 Å². The molecule has 0 saturated heterocycles. The lowest BCUT2D eigenvalue weighted by molar-refractivity contribution is 0.0528. The number of nitrogens with zero attached hydrogens (tertiary/aromatic N) is 2. The van der Waals surface area contributed by atoms with Gasteiger partial charge in [0.15, 0.2) is 0 Å². The van der Waals surface area contributed by atoms with Crippen molar-refractivity contribution in [1.82, 2.24) is 9.38 Å². The van der Waals surface area contributed by atoms with Gasteiger partial charge < -0.3 is 4.74 Å². The average Bonchev–Trinajstić information content (AvgIpc) is 2.90. The molecule has 0 radical (unpaired) electrons. The summed E-state index contributed by atoms with van der Waals surface area (Å²) >= 11 is 0. The molecule has 0 aliphatic rings. The van der Waals surface area contributed by atoms with Crippen LogP contribution in [0.2, 0.25) is 0 Å². The molecule has 0 atom stereocenters. The molecule has 0 aliphatic heterocycles. The van der Waals surface area contributed by atoms with Crippen molar-refractivity contribution in [2.75, 3.05) is 6.61 Å². The Morgan fingerprint density at radius 1 is 1.27 bits per heavy atom. The van der Waals surface area contributed by atoms with Crippen molar-refractivity contribution in [3.8, 4) is 11.4 Å². The Hall–Kier alpha value is -2.76. The number of ether oxygens (including phenoxy) is 1. The summed E-state index contributed by atoms with van der Waals surface area (Å²) in [6.45, 7) is 1.98. The number of rotatable bonds is 3. The number of imidazole rings is 1. The SMILES string of the molecule is CCOC(=O)c1cccn2c(-c3cc(F)cc(F)c3)ncc12. The van der Waals surface area contributed by atoms with E-state index in [9.17, 15) is 13.6 Å². The summed E-state index contributed by atoms with van der Waals surface area (Å²) in [7, 11) is 0. The number of benzene rings is 1. The van der Waals surface area contributed by atoms with Gasteiger partial charge in [0.25, 0.3) is 0 Å². The second kappa shape index (κ2) is 5.55. The molecule has 2 aromatic heterocycles. The highest BCUT2D eigenvalue weighted by Gasteiger charge is 2.15. The fourth-order valence-electron chi connectivity index (χ4n) is 2.30. The first kappa shape index (κ1) is 14.2. The Morgan fingerprint density at radius 3 is 2.68 bits per heavy atom. The molecular weight excluding hydrogens is 290 g/mol. The van der Waals surface area contributed by atoms with Crippen LogP contribution in [0.25, 0.3) is 16.9 Å². The van der Waals surface area contributed by atoms with Gasteiger partial charge in [0, 0.05) is 17.8 Å². The zero-order valence-corrected chi connectivity index (χ0v) is 11.7. The normalized spacial score (nSPS) is 10.9. The van der Waals surface area contributed by atoms with Crippen molar-refractivity contribution < 1.29 is 18.3 Å². The molecule has 0 saturated carbocycles. The van der Waals surface area contributed by atoms with Gasteiger partial charge >= 0.3 is 5.97 Å². The minimum Gasteiger partial charge on any atom is -0.462 e. The van der Waals surface area contributed by atoms with Gasteiger partial charge in [-0.15, -0.1) is 0 Å². The number of fused-ring (bicyclic) bond motifs is 1. The Kier molecular flexibility index (Phi) is 3.58. The van der Waals surface area contributed by atoms with E-state index in [1.54, 1.807) is 29.7 Å². The first-order valence-electron chi connectivity index (χ1n) is 6.70. The van der Waals surface area contributed by atoms with Crippen molar-refractivity contribution in [2.24, 2.45) is 0 Å². The smallest absolute Gasteiger partial charge is 0.340 e. The molecule has 1 aromatic carbocycles. The summed E-state index contributed by atoms with van der Waals surface area (Å²) in [5, 5.41) is 0. The lowest BCUT2D eigenvalue weighted by Crippen LogP contribution is -2.06. The van der Waals surface area contributed by atoms with E-state index >= 15 is 0 Å². The molecule has 0 fully saturated rings. The lowest BCUT2D eigenvalue weighted by Gasteiger charge is -2.06. The van der Waals surface area contributed by atoms with E-state index in [1.165, 1.54) is 18.3 Å². The van der Waals surface area contributed by atoms with Gasteiger partial charge in [0.1, 0.15) is 17.5 Å². The number of halogens is 2. The minimum absolute atomic E-state index is 0.260. The Balaban J connectivity index is 2.17. The summed E-state index contributed by atoms with van der Waals surface area (Å²) in [4.78, 5) is 16.1. The monoisotopic (exact) mass is 302 g/mol. The number of carbonyl (C=O) groups excluding carboxylic acids is 1. The third kappa shape index (κ3) is 2.43. The summed E-state index contributed by atoms with van der Waals surface area (Å²) < 4.78 is 33.3. The molecule has 0 aliphatic carbocycles. The number of pyridine rings is 1. The van der Waals surface area contributed by atoms with E-state index < -0.39 is 17.6 Å². The molecule has 4 nitrogen and oxygen atoms in total. The molecule has 3 aromatic rings. The van der Waals surface area contributed by atoms with Crippen LogP contribution in [0.4, 0.5) is 8.78 Å². The maximum Gasteiger partial charge on any atom is 0.340 e. The van der Waals surface area contributed by atoms with Crippen LogP contribution in [0.1, 0.15) is 17.3 Å². The van der Waals surface area contributed by atoms with Crippen molar-refractivity contribution in [2.45, 2.75) is 6.92 Å². The van der Waals surface area contributed by atoms with E-state index in [4.69, 9.17) is 4.74 Å². The molecule has 0 N–H and O–H groups in total. The molecule has 112 valence electrons. The largest absolute Gasteiger partial charge is 0.462 e. The fraction of sp³-hybridized carbons (Fsp3) is 0.125. The summed E-state index contributed by atoms with van der Waals surface area (Å²) in [6, 6.07) is 6.44. The second-order valence-corrected chi connectivity index (χ2v) is 4.64. The van der Waals surface area contributed by atoms with E-state index in [2.05, 4.69) is 4.98 Å². The Bertz CT molecular complexity index is 838. The van der Waals surface area contributed by atoms with Crippen LogP contribution in [0, 0.1) is 11.6 Å². The van der Waals surface area contributed by atoms with Crippen LogP contribution in [0.5, 0.6) is 0 Å². The topological polar surface area (TPSA) is 43.6 Å². The van der Waals surface area contributed by atoms with Gasteiger partial charge in [-0.05, 0) is 31.2 Å². The highest BCUT2D eigenvalue weighted by atomic mass is 19.1. The molecule has 0 amide bonds. The first-order valence-corrected chi connectivity index (χ1v) is 6.70. The van der Waals surface area contributed by atoms with Crippen molar-refractivity contribution in [1.29, 1.82) is 0 Å². The standard InChI is InChI=1S/C16H12F2N2O2/c1-2-22-16(21)13-4-3-5-20-14(13)9-19-15(20)10-6-11(17)8-12(18)7-10/h3-9H,2H2,1H3. The van der Waals surface area contributed by atoms with E-state index in [-0.39, 0.29) is 6.61 Å². The van der Waals surface area contributed by atoms with Gasteiger partial charge in [0.05, 0.1) is 23.9 Å². The molecular formula is C16H12F2N2O2. The number of esters is 1.